The predicted octanol–water partition coefficient (Wildman–Crippen LogP) is 3.07. The Bertz CT molecular complexity index is 654. The molecular weight excluding hydrogens is 271 g/mol. The van der Waals surface area contributed by atoms with Gasteiger partial charge in [-0.3, -0.25) is 0 Å². The van der Waals surface area contributed by atoms with Gasteiger partial charge in [-0.1, -0.05) is 12.1 Å². The van der Waals surface area contributed by atoms with E-state index >= 15 is 0 Å². The monoisotopic (exact) mass is 288 g/mol. The lowest BCUT2D eigenvalue weighted by Crippen LogP contribution is -2.09. The summed E-state index contributed by atoms with van der Waals surface area (Å²) in [4.78, 5) is 11.1. The fourth-order valence-electron chi connectivity index (χ4n) is 2.08. The Balaban J connectivity index is 2.03. The summed E-state index contributed by atoms with van der Waals surface area (Å²) in [7, 11) is 0. The van der Waals surface area contributed by atoms with Crippen molar-refractivity contribution >= 4 is 17.3 Å². The Kier molecular flexibility index (Phi) is 4.42. The van der Waals surface area contributed by atoms with Gasteiger partial charge in [0.2, 0.25) is 0 Å². The van der Waals surface area contributed by atoms with Crippen LogP contribution >= 0.6 is 0 Å². The molecule has 110 valence electrons. The molecule has 4 nitrogen and oxygen atoms in total. The third-order valence-corrected chi connectivity index (χ3v) is 3.27. The van der Waals surface area contributed by atoms with Crippen molar-refractivity contribution in [2.24, 2.45) is 0 Å². The second kappa shape index (κ2) is 6.26. The summed E-state index contributed by atoms with van der Waals surface area (Å²) in [6, 6.07) is 9.64. The van der Waals surface area contributed by atoms with Gasteiger partial charge in [0.25, 0.3) is 0 Å². The number of aryl methyl sites for hydroxylation is 1. The van der Waals surface area contributed by atoms with E-state index in [4.69, 9.17) is 10.8 Å². The van der Waals surface area contributed by atoms with Gasteiger partial charge in [0.05, 0.1) is 5.56 Å². The van der Waals surface area contributed by atoms with E-state index in [2.05, 4.69) is 5.32 Å². The first-order valence-corrected chi connectivity index (χ1v) is 6.59. The van der Waals surface area contributed by atoms with Crippen LogP contribution in [0.5, 0.6) is 0 Å². The average Bonchev–Trinajstić information content (AvgIpc) is 2.44. The zero-order valence-electron chi connectivity index (χ0n) is 11.7. The molecule has 0 spiro atoms. The maximum Gasteiger partial charge on any atom is 0.337 e. The highest BCUT2D eigenvalue weighted by Gasteiger charge is 2.11. The summed E-state index contributed by atoms with van der Waals surface area (Å²) in [5, 5.41) is 12.3. The van der Waals surface area contributed by atoms with Gasteiger partial charge in [-0.2, -0.15) is 0 Å². The molecule has 0 aliphatic rings. The van der Waals surface area contributed by atoms with Crippen molar-refractivity contribution in [3.63, 3.8) is 0 Å². The van der Waals surface area contributed by atoms with Crippen molar-refractivity contribution < 1.29 is 14.3 Å². The van der Waals surface area contributed by atoms with Crippen molar-refractivity contribution in [3.05, 3.63) is 58.9 Å². The van der Waals surface area contributed by atoms with E-state index in [9.17, 15) is 9.18 Å². The van der Waals surface area contributed by atoms with Gasteiger partial charge in [0, 0.05) is 17.9 Å². The van der Waals surface area contributed by atoms with Crippen LogP contribution in [0.1, 0.15) is 21.5 Å². The molecule has 2 rings (SSSR count). The molecule has 0 aliphatic carbocycles. The predicted molar refractivity (Wildman–Crippen MR) is 81.1 cm³/mol. The fourth-order valence-corrected chi connectivity index (χ4v) is 2.08. The van der Waals surface area contributed by atoms with Crippen LogP contribution < -0.4 is 11.1 Å². The molecule has 0 aromatic heterocycles. The molecule has 0 saturated carbocycles. The Morgan fingerprint density at radius 2 is 1.95 bits per heavy atom. The number of nitrogens with one attached hydrogen (secondary N) is 1. The standard InChI is InChI=1S/C16H17FN2O2/c1-10-8-13(9-14(15(10)18)16(20)21)19-7-6-11-2-4-12(17)5-3-11/h2-5,8-9,19H,6-7,18H2,1H3,(H,20,21). The van der Waals surface area contributed by atoms with Crippen LogP contribution in [-0.4, -0.2) is 17.6 Å². The number of hydrogen-bond acceptors (Lipinski definition) is 3. The fraction of sp³-hybridized carbons (Fsp3) is 0.188. The van der Waals surface area contributed by atoms with Gasteiger partial charge >= 0.3 is 5.97 Å². The third kappa shape index (κ3) is 3.72. The minimum atomic E-state index is -1.04. The molecule has 2 aromatic carbocycles. The van der Waals surface area contributed by atoms with Gasteiger partial charge in [-0.25, -0.2) is 9.18 Å². The van der Waals surface area contributed by atoms with Crippen LogP contribution in [0.2, 0.25) is 0 Å². The number of carbonyl (C=O) groups is 1. The number of anilines is 2. The number of nitrogen functional groups attached to an aromatic ring is 1. The molecule has 0 amide bonds. The Morgan fingerprint density at radius 3 is 2.57 bits per heavy atom. The van der Waals surface area contributed by atoms with Crippen molar-refractivity contribution in [2.75, 3.05) is 17.6 Å². The molecule has 0 aliphatic heterocycles. The summed E-state index contributed by atoms with van der Waals surface area (Å²) in [6.45, 7) is 2.39. The summed E-state index contributed by atoms with van der Waals surface area (Å²) >= 11 is 0. The molecule has 0 radical (unpaired) electrons. The minimum absolute atomic E-state index is 0.0966. The second-order valence-corrected chi connectivity index (χ2v) is 4.86. The van der Waals surface area contributed by atoms with E-state index in [1.54, 1.807) is 19.1 Å². The van der Waals surface area contributed by atoms with E-state index in [0.29, 0.717) is 18.7 Å². The Labute approximate surface area is 122 Å². The summed E-state index contributed by atoms with van der Waals surface area (Å²) in [6.07, 6.45) is 0.714. The molecule has 21 heavy (non-hydrogen) atoms. The first kappa shape index (κ1) is 14.8. The number of carboxylic acids is 1. The van der Waals surface area contributed by atoms with E-state index in [1.807, 2.05) is 6.07 Å². The molecule has 0 heterocycles. The molecule has 5 heteroatoms. The van der Waals surface area contributed by atoms with Crippen molar-refractivity contribution in [3.8, 4) is 0 Å². The highest BCUT2D eigenvalue weighted by atomic mass is 19.1. The van der Waals surface area contributed by atoms with Gasteiger partial charge in [-0.05, 0) is 48.7 Å². The van der Waals surface area contributed by atoms with Gasteiger partial charge < -0.3 is 16.2 Å². The van der Waals surface area contributed by atoms with Crippen LogP contribution in [-0.2, 0) is 6.42 Å². The van der Waals surface area contributed by atoms with Crippen molar-refractivity contribution in [1.29, 1.82) is 0 Å². The van der Waals surface area contributed by atoms with Gasteiger partial charge in [0.15, 0.2) is 0 Å². The molecule has 0 unspecified atom stereocenters. The van der Waals surface area contributed by atoms with E-state index in [-0.39, 0.29) is 17.1 Å². The highest BCUT2D eigenvalue weighted by molar-refractivity contribution is 5.95. The molecule has 0 atom stereocenters. The number of hydrogen-bond donors (Lipinski definition) is 3. The molecule has 0 saturated heterocycles. The van der Waals surface area contributed by atoms with E-state index < -0.39 is 5.97 Å². The maximum absolute atomic E-state index is 12.8. The van der Waals surface area contributed by atoms with Crippen LogP contribution in [0.25, 0.3) is 0 Å². The van der Waals surface area contributed by atoms with Crippen LogP contribution in [0.3, 0.4) is 0 Å². The number of nitrogens with two attached hydrogens (primary N) is 1. The lowest BCUT2D eigenvalue weighted by atomic mass is 10.1. The Morgan fingerprint density at radius 1 is 1.29 bits per heavy atom. The topological polar surface area (TPSA) is 75.3 Å². The van der Waals surface area contributed by atoms with Crippen molar-refractivity contribution in [2.45, 2.75) is 13.3 Å². The maximum atomic E-state index is 12.8. The number of carboxylic acid groups (broad SMARTS) is 1. The van der Waals surface area contributed by atoms with E-state index in [0.717, 1.165) is 11.1 Å². The van der Waals surface area contributed by atoms with E-state index in [1.165, 1.54) is 18.2 Å². The largest absolute Gasteiger partial charge is 0.478 e. The Hall–Kier alpha value is -2.56. The summed E-state index contributed by atoms with van der Waals surface area (Å²) in [5.74, 6) is -1.30. The summed E-state index contributed by atoms with van der Waals surface area (Å²) < 4.78 is 12.8. The smallest absolute Gasteiger partial charge is 0.337 e. The first-order valence-electron chi connectivity index (χ1n) is 6.59. The second-order valence-electron chi connectivity index (χ2n) is 4.86. The van der Waals surface area contributed by atoms with Gasteiger partial charge in [-0.15, -0.1) is 0 Å². The number of aromatic carboxylic acids is 1. The minimum Gasteiger partial charge on any atom is -0.478 e. The zero-order valence-corrected chi connectivity index (χ0v) is 11.7. The first-order chi connectivity index (χ1) is 9.97. The molecule has 0 fully saturated rings. The van der Waals surface area contributed by atoms with Crippen LogP contribution in [0.15, 0.2) is 36.4 Å². The number of benzene rings is 2. The zero-order chi connectivity index (χ0) is 15.4. The number of rotatable bonds is 5. The average molecular weight is 288 g/mol. The van der Waals surface area contributed by atoms with Crippen molar-refractivity contribution in [1.82, 2.24) is 0 Å². The van der Waals surface area contributed by atoms with Crippen LogP contribution in [0.4, 0.5) is 15.8 Å². The highest BCUT2D eigenvalue weighted by Crippen LogP contribution is 2.22. The summed E-state index contributed by atoms with van der Waals surface area (Å²) in [5.41, 5.74) is 8.56. The molecule has 4 N–H and O–H groups in total. The molecule has 0 bridgehead atoms. The lowest BCUT2D eigenvalue weighted by Gasteiger charge is -2.11. The van der Waals surface area contributed by atoms with Gasteiger partial charge in [0.1, 0.15) is 5.82 Å². The third-order valence-electron chi connectivity index (χ3n) is 3.27. The molecule has 2 aromatic rings. The normalized spacial score (nSPS) is 10.4. The quantitative estimate of drug-likeness (QED) is 0.739. The number of halogens is 1. The lowest BCUT2D eigenvalue weighted by molar-refractivity contribution is 0.0698. The SMILES string of the molecule is Cc1cc(NCCc2ccc(F)cc2)cc(C(=O)O)c1N. The molecular formula is C16H17FN2O2. The van der Waals surface area contributed by atoms with Crippen LogP contribution in [0, 0.1) is 12.7 Å².